The second-order valence-corrected chi connectivity index (χ2v) is 3.49. The van der Waals surface area contributed by atoms with Crippen molar-refractivity contribution in [1.82, 2.24) is 5.06 Å². The summed E-state index contributed by atoms with van der Waals surface area (Å²) in [4.78, 5) is 16.3. The minimum absolute atomic E-state index is 0.0240. The molecule has 0 spiro atoms. The Morgan fingerprint density at radius 2 is 2.08 bits per heavy atom. The SMILES string of the molecule is CON(C)C(=O)CC1(OC)CCC1. The molecule has 76 valence electrons. The Morgan fingerprint density at radius 3 is 2.38 bits per heavy atom. The fraction of sp³-hybridized carbons (Fsp3) is 0.889. The van der Waals surface area contributed by atoms with E-state index in [1.165, 1.54) is 12.2 Å². The first-order valence-corrected chi connectivity index (χ1v) is 4.49. The van der Waals surface area contributed by atoms with Gasteiger partial charge >= 0.3 is 0 Å². The van der Waals surface area contributed by atoms with Crippen LogP contribution in [0, 0.1) is 0 Å². The van der Waals surface area contributed by atoms with Crippen molar-refractivity contribution in [3.8, 4) is 0 Å². The second kappa shape index (κ2) is 4.07. The highest BCUT2D eigenvalue weighted by atomic mass is 16.7. The summed E-state index contributed by atoms with van der Waals surface area (Å²) in [7, 11) is 4.77. The molecule has 0 heterocycles. The van der Waals surface area contributed by atoms with E-state index in [-0.39, 0.29) is 11.5 Å². The maximum Gasteiger partial charge on any atom is 0.248 e. The van der Waals surface area contributed by atoms with E-state index in [2.05, 4.69) is 0 Å². The van der Waals surface area contributed by atoms with Crippen molar-refractivity contribution in [2.45, 2.75) is 31.3 Å². The molecular formula is C9H17NO3. The van der Waals surface area contributed by atoms with Crippen LogP contribution in [0.5, 0.6) is 0 Å². The van der Waals surface area contributed by atoms with Gasteiger partial charge in [0, 0.05) is 14.2 Å². The summed E-state index contributed by atoms with van der Waals surface area (Å²) in [5.41, 5.74) is -0.204. The summed E-state index contributed by atoms with van der Waals surface area (Å²) in [6, 6.07) is 0. The predicted molar refractivity (Wildman–Crippen MR) is 48.0 cm³/mol. The van der Waals surface area contributed by atoms with Crippen LogP contribution in [0.1, 0.15) is 25.7 Å². The van der Waals surface area contributed by atoms with E-state index >= 15 is 0 Å². The van der Waals surface area contributed by atoms with Crippen LogP contribution in [-0.4, -0.2) is 37.8 Å². The summed E-state index contributed by atoms with van der Waals surface area (Å²) in [5.74, 6) is -0.0240. The number of amides is 1. The van der Waals surface area contributed by atoms with Crippen LogP contribution in [0.2, 0.25) is 0 Å². The van der Waals surface area contributed by atoms with Crippen molar-refractivity contribution < 1.29 is 14.4 Å². The van der Waals surface area contributed by atoms with Crippen LogP contribution in [0.4, 0.5) is 0 Å². The molecule has 0 saturated heterocycles. The average Bonchev–Trinajstić information content (AvgIpc) is 2.09. The van der Waals surface area contributed by atoms with Gasteiger partial charge in [0.2, 0.25) is 5.91 Å². The molecule has 0 aromatic heterocycles. The van der Waals surface area contributed by atoms with Gasteiger partial charge in [0.05, 0.1) is 19.1 Å². The monoisotopic (exact) mass is 187 g/mol. The number of hydrogen-bond acceptors (Lipinski definition) is 3. The molecule has 0 N–H and O–H groups in total. The molecule has 0 bridgehead atoms. The lowest BCUT2D eigenvalue weighted by Crippen LogP contribution is -2.44. The van der Waals surface area contributed by atoms with Crippen molar-refractivity contribution in [3.63, 3.8) is 0 Å². The first-order chi connectivity index (χ1) is 6.13. The fourth-order valence-electron chi connectivity index (χ4n) is 1.51. The van der Waals surface area contributed by atoms with Gasteiger partial charge in [0.15, 0.2) is 0 Å². The molecule has 4 nitrogen and oxygen atoms in total. The molecule has 1 fully saturated rings. The van der Waals surface area contributed by atoms with Crippen molar-refractivity contribution in [3.05, 3.63) is 0 Å². The normalized spacial score (nSPS) is 19.3. The molecule has 1 saturated carbocycles. The molecule has 0 radical (unpaired) electrons. The van der Waals surface area contributed by atoms with Gasteiger partial charge in [0.1, 0.15) is 0 Å². The van der Waals surface area contributed by atoms with Crippen molar-refractivity contribution in [1.29, 1.82) is 0 Å². The van der Waals surface area contributed by atoms with Gasteiger partial charge in [-0.2, -0.15) is 0 Å². The summed E-state index contributed by atoms with van der Waals surface area (Å²) in [6.45, 7) is 0. The Morgan fingerprint density at radius 1 is 1.46 bits per heavy atom. The molecule has 4 heteroatoms. The molecule has 0 aromatic carbocycles. The molecule has 1 amide bonds. The fourth-order valence-corrected chi connectivity index (χ4v) is 1.51. The van der Waals surface area contributed by atoms with Crippen molar-refractivity contribution in [2.24, 2.45) is 0 Å². The van der Waals surface area contributed by atoms with Gasteiger partial charge < -0.3 is 4.74 Å². The predicted octanol–water partition coefficient (Wildman–Crippen LogP) is 0.965. The average molecular weight is 187 g/mol. The third kappa shape index (κ3) is 2.19. The van der Waals surface area contributed by atoms with E-state index in [4.69, 9.17) is 9.57 Å². The second-order valence-electron chi connectivity index (χ2n) is 3.49. The Bertz CT molecular complexity index is 184. The number of hydrogen-bond donors (Lipinski definition) is 0. The molecule has 0 atom stereocenters. The lowest BCUT2D eigenvalue weighted by molar-refractivity contribution is -0.178. The van der Waals surface area contributed by atoms with Crippen molar-refractivity contribution in [2.75, 3.05) is 21.3 Å². The molecule has 0 aromatic rings. The van der Waals surface area contributed by atoms with E-state index in [1.807, 2.05) is 0 Å². The van der Waals surface area contributed by atoms with Crippen molar-refractivity contribution >= 4 is 5.91 Å². The maximum absolute atomic E-state index is 11.5. The van der Waals surface area contributed by atoms with Gasteiger partial charge in [-0.05, 0) is 19.3 Å². The highest BCUT2D eigenvalue weighted by molar-refractivity contribution is 5.76. The van der Waals surface area contributed by atoms with Gasteiger partial charge in [-0.25, -0.2) is 5.06 Å². The highest BCUT2D eigenvalue weighted by Crippen LogP contribution is 2.38. The standard InChI is InChI=1S/C9H17NO3/c1-10(13-3)8(11)7-9(12-2)5-4-6-9/h4-7H2,1-3H3. The Hall–Kier alpha value is -0.610. The van der Waals surface area contributed by atoms with E-state index in [0.29, 0.717) is 6.42 Å². The number of rotatable bonds is 4. The summed E-state index contributed by atoms with van der Waals surface area (Å²) in [5, 5.41) is 1.25. The minimum atomic E-state index is -0.204. The number of ether oxygens (including phenoxy) is 1. The zero-order valence-electron chi connectivity index (χ0n) is 8.50. The molecule has 1 aliphatic carbocycles. The number of methoxy groups -OCH3 is 1. The van der Waals surface area contributed by atoms with Gasteiger partial charge in [-0.15, -0.1) is 0 Å². The third-order valence-corrected chi connectivity index (χ3v) is 2.80. The number of nitrogens with zero attached hydrogens (tertiary/aromatic N) is 1. The van der Waals surface area contributed by atoms with E-state index in [9.17, 15) is 4.79 Å². The van der Waals surface area contributed by atoms with Crippen LogP contribution in [-0.2, 0) is 14.4 Å². The zero-order valence-corrected chi connectivity index (χ0v) is 8.50. The quantitative estimate of drug-likeness (QED) is 0.615. The first kappa shape index (κ1) is 10.5. The molecule has 0 unspecified atom stereocenters. The zero-order chi connectivity index (χ0) is 9.90. The third-order valence-electron chi connectivity index (χ3n) is 2.80. The smallest absolute Gasteiger partial charge is 0.248 e. The molecule has 0 aliphatic heterocycles. The van der Waals surface area contributed by atoms with Gasteiger partial charge in [-0.1, -0.05) is 0 Å². The largest absolute Gasteiger partial charge is 0.378 e. The number of hydroxylamine groups is 2. The lowest BCUT2D eigenvalue weighted by atomic mass is 9.77. The number of carbonyl (C=O) groups excluding carboxylic acids is 1. The summed E-state index contributed by atoms with van der Waals surface area (Å²) < 4.78 is 5.34. The first-order valence-electron chi connectivity index (χ1n) is 4.49. The minimum Gasteiger partial charge on any atom is -0.378 e. The Labute approximate surface area is 78.8 Å². The summed E-state index contributed by atoms with van der Waals surface area (Å²) >= 11 is 0. The molecule has 1 aliphatic rings. The summed E-state index contributed by atoms with van der Waals surface area (Å²) in [6.07, 6.45) is 3.53. The van der Waals surface area contributed by atoms with E-state index < -0.39 is 0 Å². The lowest BCUT2D eigenvalue weighted by Gasteiger charge is -2.40. The van der Waals surface area contributed by atoms with Crippen LogP contribution in [0.3, 0.4) is 0 Å². The molecular weight excluding hydrogens is 170 g/mol. The van der Waals surface area contributed by atoms with Gasteiger partial charge in [-0.3, -0.25) is 9.63 Å². The molecule has 13 heavy (non-hydrogen) atoms. The maximum atomic E-state index is 11.5. The van der Waals surface area contributed by atoms with E-state index in [1.54, 1.807) is 14.2 Å². The van der Waals surface area contributed by atoms with Crippen LogP contribution in [0.15, 0.2) is 0 Å². The Balaban J connectivity index is 2.42. The molecule has 1 rings (SSSR count). The topological polar surface area (TPSA) is 38.8 Å². The van der Waals surface area contributed by atoms with Crippen LogP contribution >= 0.6 is 0 Å². The Kier molecular flexibility index (Phi) is 3.27. The van der Waals surface area contributed by atoms with Gasteiger partial charge in [0.25, 0.3) is 0 Å². The van der Waals surface area contributed by atoms with Crippen LogP contribution < -0.4 is 0 Å². The number of carbonyl (C=O) groups is 1. The van der Waals surface area contributed by atoms with E-state index in [0.717, 1.165) is 19.3 Å². The van der Waals surface area contributed by atoms with Crippen LogP contribution in [0.25, 0.3) is 0 Å². The highest BCUT2D eigenvalue weighted by Gasteiger charge is 2.39.